The fraction of sp³-hybridized carbons (Fsp3) is 0.409. The Hall–Kier alpha value is -2.93. The third-order valence-electron chi connectivity index (χ3n) is 5.34. The van der Waals surface area contributed by atoms with Crippen LogP contribution >= 0.6 is 0 Å². The van der Waals surface area contributed by atoms with E-state index in [-0.39, 0.29) is 11.9 Å². The molecule has 0 saturated carbocycles. The van der Waals surface area contributed by atoms with Crippen molar-refractivity contribution in [1.82, 2.24) is 4.90 Å². The molecule has 0 bridgehead atoms. The smallest absolute Gasteiger partial charge is 0.238 e. The van der Waals surface area contributed by atoms with E-state index >= 15 is 0 Å². The maximum absolute atomic E-state index is 12.7. The third-order valence-corrected chi connectivity index (χ3v) is 5.34. The van der Waals surface area contributed by atoms with E-state index in [9.17, 15) is 4.79 Å². The summed E-state index contributed by atoms with van der Waals surface area (Å²) in [4.78, 5) is 14.9. The number of amides is 1. The number of benzene rings is 2. The molecular weight excluding hydrogens is 372 g/mol. The van der Waals surface area contributed by atoms with E-state index in [1.165, 1.54) is 0 Å². The molecule has 0 spiro atoms. The fourth-order valence-corrected chi connectivity index (χ4v) is 3.94. The predicted octanol–water partition coefficient (Wildman–Crippen LogP) is 3.25. The van der Waals surface area contributed by atoms with Crippen LogP contribution in [0.5, 0.6) is 23.0 Å². The molecule has 0 radical (unpaired) electrons. The van der Waals surface area contributed by atoms with Crippen LogP contribution in [0.4, 0.5) is 5.69 Å². The summed E-state index contributed by atoms with van der Waals surface area (Å²) in [7, 11) is 3.17. The number of carbonyl (C=O) groups is 1. The second-order valence-corrected chi connectivity index (χ2v) is 7.15. The Morgan fingerprint density at radius 2 is 1.93 bits per heavy atom. The summed E-state index contributed by atoms with van der Waals surface area (Å²) in [6.45, 7) is 2.34. The first-order valence-electron chi connectivity index (χ1n) is 9.83. The van der Waals surface area contributed by atoms with Gasteiger partial charge in [0.2, 0.25) is 5.91 Å². The van der Waals surface area contributed by atoms with E-state index in [1.54, 1.807) is 32.4 Å². The Kier molecular flexibility index (Phi) is 5.76. The molecule has 2 aromatic carbocycles. The number of ether oxygens (including phenoxy) is 4. The molecule has 1 atom stereocenters. The number of likely N-dealkylation sites (tertiary alicyclic amines) is 1. The van der Waals surface area contributed by atoms with E-state index in [4.69, 9.17) is 18.9 Å². The standard InChI is InChI=1S/C22H26N2O5/c1-26-16-6-7-17(20(13-16)27-2)23-22(25)14-24-9-3-4-18(24)15-5-8-19-21(12-15)29-11-10-28-19/h5-8,12-13,18H,3-4,9-11,14H2,1-2H3,(H,23,25)/t18-/m1/s1. The summed E-state index contributed by atoms with van der Waals surface area (Å²) in [5, 5.41) is 2.96. The molecule has 29 heavy (non-hydrogen) atoms. The minimum absolute atomic E-state index is 0.0714. The molecule has 2 aliphatic rings. The summed E-state index contributed by atoms with van der Waals surface area (Å²) in [5.74, 6) is 2.75. The van der Waals surface area contributed by atoms with Crippen molar-refractivity contribution in [2.24, 2.45) is 0 Å². The summed E-state index contributed by atoms with van der Waals surface area (Å²) in [6.07, 6.45) is 2.07. The average molecular weight is 398 g/mol. The monoisotopic (exact) mass is 398 g/mol. The molecule has 7 heteroatoms. The van der Waals surface area contributed by atoms with Crippen molar-refractivity contribution in [3.63, 3.8) is 0 Å². The van der Waals surface area contributed by atoms with E-state index < -0.39 is 0 Å². The van der Waals surface area contributed by atoms with Crippen molar-refractivity contribution in [3.05, 3.63) is 42.0 Å². The molecule has 2 heterocycles. The van der Waals surface area contributed by atoms with Crippen molar-refractivity contribution in [1.29, 1.82) is 0 Å². The maximum Gasteiger partial charge on any atom is 0.238 e. The first kappa shape index (κ1) is 19.4. The highest BCUT2D eigenvalue weighted by Gasteiger charge is 2.29. The number of methoxy groups -OCH3 is 2. The quantitative estimate of drug-likeness (QED) is 0.806. The van der Waals surface area contributed by atoms with Gasteiger partial charge in [-0.05, 0) is 49.2 Å². The molecule has 1 N–H and O–H groups in total. The van der Waals surface area contributed by atoms with Crippen LogP contribution in [0.2, 0.25) is 0 Å². The van der Waals surface area contributed by atoms with Gasteiger partial charge in [-0.3, -0.25) is 9.69 Å². The highest BCUT2D eigenvalue weighted by molar-refractivity contribution is 5.93. The Morgan fingerprint density at radius 3 is 2.72 bits per heavy atom. The zero-order valence-electron chi connectivity index (χ0n) is 16.8. The van der Waals surface area contributed by atoms with Crippen molar-refractivity contribution >= 4 is 11.6 Å². The van der Waals surface area contributed by atoms with Crippen LogP contribution in [0.25, 0.3) is 0 Å². The Morgan fingerprint density at radius 1 is 1.10 bits per heavy atom. The van der Waals surface area contributed by atoms with Crippen LogP contribution in [0, 0.1) is 0 Å². The average Bonchev–Trinajstić information content (AvgIpc) is 3.21. The van der Waals surface area contributed by atoms with Gasteiger partial charge in [0.25, 0.3) is 0 Å². The largest absolute Gasteiger partial charge is 0.497 e. The molecular formula is C22H26N2O5. The number of nitrogens with zero attached hydrogens (tertiary/aromatic N) is 1. The van der Waals surface area contributed by atoms with Gasteiger partial charge in [0.15, 0.2) is 11.5 Å². The van der Waals surface area contributed by atoms with Crippen LogP contribution in [0.3, 0.4) is 0 Å². The Labute approximate surface area is 170 Å². The van der Waals surface area contributed by atoms with Crippen molar-refractivity contribution in [3.8, 4) is 23.0 Å². The molecule has 4 rings (SSSR count). The normalized spacial score (nSPS) is 18.3. The Bertz CT molecular complexity index is 886. The first-order valence-corrected chi connectivity index (χ1v) is 9.83. The molecule has 0 aliphatic carbocycles. The van der Waals surface area contributed by atoms with Crippen LogP contribution < -0.4 is 24.3 Å². The van der Waals surface area contributed by atoms with Gasteiger partial charge in [-0.25, -0.2) is 0 Å². The zero-order chi connectivity index (χ0) is 20.2. The molecule has 2 aromatic rings. The molecule has 1 saturated heterocycles. The van der Waals surface area contributed by atoms with Gasteiger partial charge in [-0.1, -0.05) is 6.07 Å². The van der Waals surface area contributed by atoms with Crippen molar-refractivity contribution < 1.29 is 23.7 Å². The zero-order valence-corrected chi connectivity index (χ0v) is 16.8. The second kappa shape index (κ2) is 8.61. The van der Waals surface area contributed by atoms with E-state index in [1.807, 2.05) is 12.1 Å². The molecule has 154 valence electrons. The van der Waals surface area contributed by atoms with Crippen molar-refractivity contribution in [2.75, 3.05) is 45.8 Å². The lowest BCUT2D eigenvalue weighted by atomic mass is 10.0. The van der Waals surface area contributed by atoms with Crippen LogP contribution in [-0.4, -0.2) is 51.3 Å². The number of carbonyl (C=O) groups excluding carboxylic acids is 1. The number of hydrogen-bond acceptors (Lipinski definition) is 6. The van der Waals surface area contributed by atoms with E-state index in [0.717, 1.165) is 36.4 Å². The minimum Gasteiger partial charge on any atom is -0.497 e. The van der Waals surface area contributed by atoms with Gasteiger partial charge in [0.05, 0.1) is 26.5 Å². The molecule has 0 unspecified atom stereocenters. The molecule has 0 aromatic heterocycles. The number of nitrogens with one attached hydrogen (secondary N) is 1. The van der Waals surface area contributed by atoms with Gasteiger partial charge in [0, 0.05) is 12.1 Å². The Balaban J connectivity index is 1.44. The lowest BCUT2D eigenvalue weighted by Gasteiger charge is -2.26. The van der Waals surface area contributed by atoms with Gasteiger partial charge in [-0.15, -0.1) is 0 Å². The topological polar surface area (TPSA) is 69.3 Å². The van der Waals surface area contributed by atoms with E-state index in [0.29, 0.717) is 36.9 Å². The van der Waals surface area contributed by atoms with Gasteiger partial charge < -0.3 is 24.3 Å². The molecule has 7 nitrogen and oxygen atoms in total. The molecule has 1 fully saturated rings. The fourth-order valence-electron chi connectivity index (χ4n) is 3.94. The molecule has 2 aliphatic heterocycles. The SMILES string of the molecule is COc1ccc(NC(=O)CN2CCC[C@@H]2c2ccc3c(c2)OCCO3)c(OC)c1. The number of rotatable bonds is 6. The summed E-state index contributed by atoms with van der Waals surface area (Å²) in [6, 6.07) is 11.6. The highest BCUT2D eigenvalue weighted by Crippen LogP contribution is 2.38. The highest BCUT2D eigenvalue weighted by atomic mass is 16.6. The number of hydrogen-bond donors (Lipinski definition) is 1. The lowest BCUT2D eigenvalue weighted by molar-refractivity contribution is -0.117. The summed E-state index contributed by atoms with van der Waals surface area (Å²) >= 11 is 0. The maximum atomic E-state index is 12.7. The third kappa shape index (κ3) is 4.24. The van der Waals surface area contributed by atoms with Crippen LogP contribution in [-0.2, 0) is 4.79 Å². The molecule has 1 amide bonds. The summed E-state index contributed by atoms with van der Waals surface area (Å²) in [5.41, 5.74) is 1.79. The van der Waals surface area contributed by atoms with Gasteiger partial charge >= 0.3 is 0 Å². The first-order chi connectivity index (χ1) is 14.2. The lowest BCUT2D eigenvalue weighted by Crippen LogP contribution is -2.33. The second-order valence-electron chi connectivity index (χ2n) is 7.15. The summed E-state index contributed by atoms with van der Waals surface area (Å²) < 4.78 is 21.9. The van der Waals surface area contributed by atoms with E-state index in [2.05, 4.69) is 16.3 Å². The number of fused-ring (bicyclic) bond motifs is 1. The van der Waals surface area contributed by atoms with Crippen LogP contribution in [0.15, 0.2) is 36.4 Å². The van der Waals surface area contributed by atoms with Gasteiger partial charge in [0.1, 0.15) is 24.7 Å². The van der Waals surface area contributed by atoms with Crippen LogP contribution in [0.1, 0.15) is 24.4 Å². The number of anilines is 1. The van der Waals surface area contributed by atoms with Crippen molar-refractivity contribution in [2.45, 2.75) is 18.9 Å². The van der Waals surface area contributed by atoms with Gasteiger partial charge in [-0.2, -0.15) is 0 Å². The minimum atomic E-state index is -0.0714. The predicted molar refractivity (Wildman–Crippen MR) is 109 cm³/mol.